The Morgan fingerprint density at radius 1 is 1.04 bits per heavy atom. The zero-order chi connectivity index (χ0) is 16.8. The van der Waals surface area contributed by atoms with Crippen molar-refractivity contribution >= 4 is 6.03 Å². The molecule has 2 aliphatic heterocycles. The number of amides is 2. The van der Waals surface area contributed by atoms with E-state index < -0.39 is 0 Å². The maximum atomic E-state index is 12.5. The predicted octanol–water partition coefficient (Wildman–Crippen LogP) is 1.66. The van der Waals surface area contributed by atoms with Gasteiger partial charge in [0.1, 0.15) is 5.75 Å². The van der Waals surface area contributed by atoms with Crippen LogP contribution in [0.25, 0.3) is 0 Å². The van der Waals surface area contributed by atoms with Crippen LogP contribution in [0, 0.1) is 0 Å². The summed E-state index contributed by atoms with van der Waals surface area (Å²) in [6.45, 7) is 9.65. The van der Waals surface area contributed by atoms with Crippen LogP contribution in [-0.2, 0) is 11.3 Å². The first-order chi connectivity index (χ1) is 11.8. The molecule has 1 aromatic rings. The summed E-state index contributed by atoms with van der Waals surface area (Å²) in [7, 11) is 0. The second-order valence-corrected chi connectivity index (χ2v) is 6.19. The fourth-order valence-corrected chi connectivity index (χ4v) is 3.22. The van der Waals surface area contributed by atoms with Gasteiger partial charge in [-0.3, -0.25) is 4.90 Å². The SMILES string of the molecule is CCOc1ccccc1CN1CCN(C(=O)N2CCOCC2)CC1. The standard InChI is InChI=1S/C18H27N3O3/c1-2-24-17-6-4-3-5-16(17)15-19-7-9-20(10-8-19)18(22)21-11-13-23-14-12-21/h3-6H,2,7-15H2,1H3. The van der Waals surface area contributed by atoms with Gasteiger partial charge in [0.2, 0.25) is 0 Å². The Balaban J connectivity index is 1.51. The average Bonchev–Trinajstić information content (AvgIpc) is 2.64. The lowest BCUT2D eigenvalue weighted by atomic mass is 10.1. The molecule has 0 aliphatic carbocycles. The first-order valence-electron chi connectivity index (χ1n) is 8.82. The molecule has 0 bridgehead atoms. The number of carbonyl (C=O) groups is 1. The number of hydrogen-bond acceptors (Lipinski definition) is 4. The van der Waals surface area contributed by atoms with Crippen molar-refractivity contribution in [2.75, 3.05) is 59.1 Å². The van der Waals surface area contributed by atoms with Crippen molar-refractivity contribution in [2.24, 2.45) is 0 Å². The van der Waals surface area contributed by atoms with Gasteiger partial charge < -0.3 is 19.3 Å². The van der Waals surface area contributed by atoms with Crippen molar-refractivity contribution in [1.82, 2.24) is 14.7 Å². The summed E-state index contributed by atoms with van der Waals surface area (Å²) in [6.07, 6.45) is 0. The fraction of sp³-hybridized carbons (Fsp3) is 0.611. The second kappa shape index (κ2) is 8.35. The quantitative estimate of drug-likeness (QED) is 0.841. The lowest BCUT2D eigenvalue weighted by Gasteiger charge is -2.38. The van der Waals surface area contributed by atoms with E-state index in [1.165, 1.54) is 5.56 Å². The number of rotatable bonds is 4. The first kappa shape index (κ1) is 17.0. The van der Waals surface area contributed by atoms with Crippen LogP contribution < -0.4 is 4.74 Å². The molecule has 1 aromatic carbocycles. The summed E-state index contributed by atoms with van der Waals surface area (Å²) in [5.41, 5.74) is 1.22. The molecule has 132 valence electrons. The van der Waals surface area contributed by atoms with E-state index in [9.17, 15) is 4.79 Å². The molecule has 0 spiro atoms. The lowest BCUT2D eigenvalue weighted by molar-refractivity contribution is 0.0372. The largest absolute Gasteiger partial charge is 0.494 e. The van der Waals surface area contributed by atoms with Crippen LogP contribution in [0.3, 0.4) is 0 Å². The molecule has 0 atom stereocenters. The number of benzene rings is 1. The molecule has 2 aliphatic rings. The number of urea groups is 1. The Morgan fingerprint density at radius 3 is 2.42 bits per heavy atom. The molecule has 3 rings (SSSR count). The maximum absolute atomic E-state index is 12.5. The number of ether oxygens (including phenoxy) is 2. The molecule has 0 aromatic heterocycles. The first-order valence-corrected chi connectivity index (χ1v) is 8.82. The zero-order valence-electron chi connectivity index (χ0n) is 14.4. The van der Waals surface area contributed by atoms with Gasteiger partial charge in [0, 0.05) is 51.4 Å². The average molecular weight is 333 g/mol. The third-order valence-corrected chi connectivity index (χ3v) is 4.59. The Labute approximate surface area is 143 Å². The van der Waals surface area contributed by atoms with E-state index in [2.05, 4.69) is 17.0 Å². The van der Waals surface area contributed by atoms with Gasteiger partial charge in [-0.05, 0) is 13.0 Å². The van der Waals surface area contributed by atoms with Gasteiger partial charge >= 0.3 is 6.03 Å². The zero-order valence-corrected chi connectivity index (χ0v) is 14.4. The molecule has 2 heterocycles. The van der Waals surface area contributed by atoms with E-state index in [4.69, 9.17) is 9.47 Å². The monoisotopic (exact) mass is 333 g/mol. The number of nitrogens with zero attached hydrogens (tertiary/aromatic N) is 3. The van der Waals surface area contributed by atoms with Gasteiger partial charge in [-0.15, -0.1) is 0 Å². The summed E-state index contributed by atoms with van der Waals surface area (Å²) < 4.78 is 11.0. The Hall–Kier alpha value is -1.79. The van der Waals surface area contributed by atoms with E-state index >= 15 is 0 Å². The summed E-state index contributed by atoms with van der Waals surface area (Å²) in [5, 5.41) is 0. The number of carbonyl (C=O) groups excluding carboxylic acids is 1. The molecular formula is C18H27N3O3. The summed E-state index contributed by atoms with van der Waals surface area (Å²) in [4.78, 5) is 18.8. The molecule has 6 nitrogen and oxygen atoms in total. The number of hydrogen-bond donors (Lipinski definition) is 0. The molecular weight excluding hydrogens is 306 g/mol. The minimum absolute atomic E-state index is 0.160. The van der Waals surface area contributed by atoms with Crippen LogP contribution in [0.1, 0.15) is 12.5 Å². The molecule has 0 unspecified atom stereocenters. The van der Waals surface area contributed by atoms with Gasteiger partial charge in [0.25, 0.3) is 0 Å². The predicted molar refractivity (Wildman–Crippen MR) is 92.2 cm³/mol. The van der Waals surface area contributed by atoms with E-state index in [-0.39, 0.29) is 6.03 Å². The van der Waals surface area contributed by atoms with Crippen molar-refractivity contribution in [3.63, 3.8) is 0 Å². The van der Waals surface area contributed by atoms with Gasteiger partial charge in [0.05, 0.1) is 19.8 Å². The molecule has 24 heavy (non-hydrogen) atoms. The summed E-state index contributed by atoms with van der Waals surface area (Å²) in [5.74, 6) is 0.965. The molecule has 2 fully saturated rings. The minimum Gasteiger partial charge on any atom is -0.494 e. The molecule has 2 saturated heterocycles. The molecule has 6 heteroatoms. The van der Waals surface area contributed by atoms with E-state index in [1.54, 1.807) is 0 Å². The highest BCUT2D eigenvalue weighted by Crippen LogP contribution is 2.20. The highest BCUT2D eigenvalue weighted by Gasteiger charge is 2.26. The van der Waals surface area contributed by atoms with Crippen LogP contribution in [0.15, 0.2) is 24.3 Å². The van der Waals surface area contributed by atoms with Crippen LogP contribution in [0.2, 0.25) is 0 Å². The molecule has 0 N–H and O–H groups in total. The van der Waals surface area contributed by atoms with Crippen LogP contribution >= 0.6 is 0 Å². The molecule has 0 radical (unpaired) electrons. The fourth-order valence-electron chi connectivity index (χ4n) is 3.22. The summed E-state index contributed by atoms with van der Waals surface area (Å²) >= 11 is 0. The Bertz CT molecular complexity index is 538. The van der Waals surface area contributed by atoms with E-state index in [1.807, 2.05) is 28.9 Å². The van der Waals surface area contributed by atoms with Crippen LogP contribution in [0.5, 0.6) is 5.75 Å². The lowest BCUT2D eigenvalue weighted by Crippen LogP contribution is -2.54. The van der Waals surface area contributed by atoms with Gasteiger partial charge in [0.15, 0.2) is 0 Å². The number of piperazine rings is 1. The third-order valence-electron chi connectivity index (χ3n) is 4.59. The van der Waals surface area contributed by atoms with Crippen LogP contribution in [0.4, 0.5) is 4.79 Å². The topological polar surface area (TPSA) is 45.2 Å². The van der Waals surface area contributed by atoms with Gasteiger partial charge in [-0.25, -0.2) is 4.79 Å². The van der Waals surface area contributed by atoms with Crippen molar-refractivity contribution < 1.29 is 14.3 Å². The van der Waals surface area contributed by atoms with Crippen LogP contribution in [-0.4, -0.2) is 79.8 Å². The van der Waals surface area contributed by atoms with Gasteiger partial charge in [-0.1, -0.05) is 18.2 Å². The van der Waals surface area contributed by atoms with Crippen molar-refractivity contribution in [2.45, 2.75) is 13.5 Å². The normalized spacial score (nSPS) is 19.4. The minimum atomic E-state index is 0.160. The van der Waals surface area contributed by atoms with E-state index in [0.29, 0.717) is 32.9 Å². The summed E-state index contributed by atoms with van der Waals surface area (Å²) in [6, 6.07) is 8.37. The highest BCUT2D eigenvalue weighted by molar-refractivity contribution is 5.74. The van der Waals surface area contributed by atoms with Gasteiger partial charge in [-0.2, -0.15) is 0 Å². The highest BCUT2D eigenvalue weighted by atomic mass is 16.5. The Kier molecular flexibility index (Phi) is 5.93. The molecule has 0 saturated carbocycles. The third kappa shape index (κ3) is 4.19. The van der Waals surface area contributed by atoms with E-state index in [0.717, 1.165) is 38.5 Å². The van der Waals surface area contributed by atoms with Crippen molar-refractivity contribution in [3.8, 4) is 5.75 Å². The molecule has 2 amide bonds. The smallest absolute Gasteiger partial charge is 0.320 e. The number of para-hydroxylation sites is 1. The Morgan fingerprint density at radius 2 is 1.71 bits per heavy atom. The number of morpholine rings is 1. The van der Waals surface area contributed by atoms with Crippen molar-refractivity contribution in [3.05, 3.63) is 29.8 Å². The van der Waals surface area contributed by atoms with Crippen molar-refractivity contribution in [1.29, 1.82) is 0 Å². The second-order valence-electron chi connectivity index (χ2n) is 6.19. The maximum Gasteiger partial charge on any atom is 0.320 e.